The van der Waals surface area contributed by atoms with E-state index in [9.17, 15) is 4.79 Å². The number of fused-ring (bicyclic) bond motifs is 3. The molecule has 24 heavy (non-hydrogen) atoms. The van der Waals surface area contributed by atoms with Crippen molar-refractivity contribution in [3.05, 3.63) is 44.9 Å². The smallest absolute Gasteiger partial charge is 0.258 e. The van der Waals surface area contributed by atoms with Crippen LogP contribution in [0.15, 0.2) is 35.0 Å². The summed E-state index contributed by atoms with van der Waals surface area (Å²) >= 11 is 4.92. The number of benzene rings is 1. The minimum absolute atomic E-state index is 0.0135. The van der Waals surface area contributed by atoms with Crippen LogP contribution in [-0.2, 0) is 11.3 Å². The third-order valence-corrected chi connectivity index (χ3v) is 6.28. The summed E-state index contributed by atoms with van der Waals surface area (Å²) < 4.78 is 8.01. The van der Waals surface area contributed by atoms with Crippen molar-refractivity contribution >= 4 is 60.2 Å². The third-order valence-electron chi connectivity index (χ3n) is 3.57. The van der Waals surface area contributed by atoms with Crippen LogP contribution in [-0.4, -0.2) is 17.5 Å². The van der Waals surface area contributed by atoms with Crippen molar-refractivity contribution in [2.24, 2.45) is 0 Å². The van der Waals surface area contributed by atoms with Gasteiger partial charge >= 0.3 is 0 Å². The van der Waals surface area contributed by atoms with Crippen LogP contribution in [0.2, 0.25) is 0 Å². The first kappa shape index (κ1) is 15.6. The van der Waals surface area contributed by atoms with Gasteiger partial charge in [-0.25, -0.2) is 4.98 Å². The number of ether oxygens (including phenoxy) is 1. The number of nitrogens with one attached hydrogen (secondary N) is 1. The highest BCUT2D eigenvalue weighted by Crippen LogP contribution is 2.38. The van der Waals surface area contributed by atoms with Crippen LogP contribution < -0.4 is 10.1 Å². The largest absolute Gasteiger partial charge is 0.483 e. The summed E-state index contributed by atoms with van der Waals surface area (Å²) in [6.07, 6.45) is 0. The quantitative estimate of drug-likeness (QED) is 0.556. The molecule has 0 saturated carbocycles. The van der Waals surface area contributed by atoms with Gasteiger partial charge in [-0.2, -0.15) is 0 Å². The van der Waals surface area contributed by atoms with Gasteiger partial charge in [0.25, 0.3) is 5.91 Å². The average Bonchev–Trinajstić information content (AvgIpc) is 3.29. The van der Waals surface area contributed by atoms with Gasteiger partial charge in [0.05, 0.1) is 26.5 Å². The standard InChI is InChI=1S/C17H14N2O2S3/c1-10-19-16-14(24-10)7-13(12-4-6-23-17(12)16)21-9-15(20)18-8-11-3-2-5-22-11/h2-7H,8-9H2,1H3,(H,18,20). The number of hydrogen-bond donors (Lipinski definition) is 1. The minimum Gasteiger partial charge on any atom is -0.483 e. The maximum absolute atomic E-state index is 12.0. The van der Waals surface area contributed by atoms with Crippen molar-refractivity contribution in [2.45, 2.75) is 13.5 Å². The summed E-state index contributed by atoms with van der Waals surface area (Å²) in [6, 6.07) is 7.98. The van der Waals surface area contributed by atoms with Crippen molar-refractivity contribution < 1.29 is 9.53 Å². The normalized spacial score (nSPS) is 11.2. The molecule has 1 N–H and O–H groups in total. The van der Waals surface area contributed by atoms with Gasteiger partial charge < -0.3 is 10.1 Å². The fourth-order valence-electron chi connectivity index (χ4n) is 2.50. The molecule has 0 bridgehead atoms. The van der Waals surface area contributed by atoms with Gasteiger partial charge in [0.15, 0.2) is 6.61 Å². The lowest BCUT2D eigenvalue weighted by molar-refractivity contribution is -0.123. The summed E-state index contributed by atoms with van der Waals surface area (Å²) in [5.41, 5.74) is 1.02. The molecule has 4 aromatic rings. The second-order valence-electron chi connectivity index (χ2n) is 5.26. The van der Waals surface area contributed by atoms with E-state index >= 15 is 0 Å². The molecule has 4 nitrogen and oxygen atoms in total. The number of carbonyl (C=O) groups excluding carboxylic acids is 1. The first-order chi connectivity index (χ1) is 11.7. The lowest BCUT2D eigenvalue weighted by atomic mass is 10.2. The molecule has 3 aromatic heterocycles. The van der Waals surface area contributed by atoms with Crippen LogP contribution in [0, 0.1) is 6.92 Å². The number of hydrogen-bond acceptors (Lipinski definition) is 6. The number of rotatable bonds is 5. The Morgan fingerprint density at radius 1 is 1.29 bits per heavy atom. The Balaban J connectivity index is 1.51. The monoisotopic (exact) mass is 374 g/mol. The van der Waals surface area contributed by atoms with Crippen molar-refractivity contribution in [3.63, 3.8) is 0 Å². The zero-order valence-electron chi connectivity index (χ0n) is 12.9. The molecule has 0 radical (unpaired) electrons. The van der Waals surface area contributed by atoms with Crippen molar-refractivity contribution in [3.8, 4) is 5.75 Å². The van der Waals surface area contributed by atoms with E-state index in [2.05, 4.69) is 10.3 Å². The fraction of sp³-hybridized carbons (Fsp3) is 0.176. The van der Waals surface area contributed by atoms with Gasteiger partial charge in [-0.15, -0.1) is 34.0 Å². The zero-order chi connectivity index (χ0) is 16.5. The summed E-state index contributed by atoms with van der Waals surface area (Å²) in [5.74, 6) is 0.626. The molecule has 1 amide bonds. The lowest BCUT2D eigenvalue weighted by Crippen LogP contribution is -2.28. The number of aromatic nitrogens is 1. The first-order valence-electron chi connectivity index (χ1n) is 7.40. The van der Waals surface area contributed by atoms with Crippen LogP contribution in [0.4, 0.5) is 0 Å². The molecule has 0 spiro atoms. The number of amides is 1. The van der Waals surface area contributed by atoms with Gasteiger partial charge in [-0.1, -0.05) is 6.07 Å². The second-order valence-corrected chi connectivity index (χ2v) is 8.45. The maximum atomic E-state index is 12.0. The average molecular weight is 375 g/mol. The maximum Gasteiger partial charge on any atom is 0.258 e. The van der Waals surface area contributed by atoms with E-state index in [1.54, 1.807) is 34.0 Å². The number of carbonyl (C=O) groups is 1. The highest BCUT2D eigenvalue weighted by Gasteiger charge is 2.13. The molecule has 0 aliphatic heterocycles. The Morgan fingerprint density at radius 2 is 2.21 bits per heavy atom. The highest BCUT2D eigenvalue weighted by atomic mass is 32.1. The molecule has 0 atom stereocenters. The molecular formula is C17H14N2O2S3. The Morgan fingerprint density at radius 3 is 3.04 bits per heavy atom. The van der Waals surface area contributed by atoms with Crippen LogP contribution in [0.25, 0.3) is 20.3 Å². The van der Waals surface area contributed by atoms with E-state index in [1.165, 1.54) is 0 Å². The summed E-state index contributed by atoms with van der Waals surface area (Å²) in [7, 11) is 0. The van der Waals surface area contributed by atoms with E-state index in [0.717, 1.165) is 35.9 Å². The van der Waals surface area contributed by atoms with Gasteiger partial charge in [-0.3, -0.25) is 4.79 Å². The zero-order valence-corrected chi connectivity index (χ0v) is 15.3. The van der Waals surface area contributed by atoms with Crippen molar-refractivity contribution in [2.75, 3.05) is 6.61 Å². The predicted octanol–water partition coefficient (Wildman–Crippen LogP) is 4.58. The van der Waals surface area contributed by atoms with E-state index in [-0.39, 0.29) is 12.5 Å². The van der Waals surface area contributed by atoms with Crippen LogP contribution >= 0.6 is 34.0 Å². The molecule has 0 unspecified atom stereocenters. The summed E-state index contributed by atoms with van der Waals surface area (Å²) in [6.45, 7) is 2.56. The van der Waals surface area contributed by atoms with Gasteiger partial charge in [0, 0.05) is 16.3 Å². The number of thiazole rings is 1. The van der Waals surface area contributed by atoms with Crippen molar-refractivity contribution in [1.82, 2.24) is 10.3 Å². The summed E-state index contributed by atoms with van der Waals surface area (Å²) in [5, 5.41) is 8.96. The SMILES string of the molecule is Cc1nc2c(cc(OCC(=O)NCc3cccs3)c3ccsc32)s1. The van der Waals surface area contributed by atoms with E-state index < -0.39 is 0 Å². The van der Waals surface area contributed by atoms with E-state index in [0.29, 0.717) is 6.54 Å². The van der Waals surface area contributed by atoms with E-state index in [1.807, 2.05) is 41.9 Å². The van der Waals surface area contributed by atoms with Crippen molar-refractivity contribution in [1.29, 1.82) is 0 Å². The summed E-state index contributed by atoms with van der Waals surface area (Å²) in [4.78, 5) is 17.7. The molecule has 0 saturated heterocycles. The second kappa shape index (κ2) is 6.51. The predicted molar refractivity (Wildman–Crippen MR) is 101 cm³/mol. The number of thiophene rings is 2. The fourth-order valence-corrected chi connectivity index (χ4v) is 4.98. The Hall–Kier alpha value is -1.96. The van der Waals surface area contributed by atoms with E-state index in [4.69, 9.17) is 4.74 Å². The van der Waals surface area contributed by atoms with Gasteiger partial charge in [-0.05, 0) is 29.8 Å². The lowest BCUT2D eigenvalue weighted by Gasteiger charge is -2.08. The highest BCUT2D eigenvalue weighted by molar-refractivity contribution is 7.21. The Kier molecular flexibility index (Phi) is 4.22. The molecule has 122 valence electrons. The third kappa shape index (κ3) is 3.02. The molecule has 1 aromatic carbocycles. The number of aryl methyl sites for hydroxylation is 1. The minimum atomic E-state index is -0.118. The molecule has 0 fully saturated rings. The molecule has 3 heterocycles. The van der Waals surface area contributed by atoms with Crippen LogP contribution in [0.5, 0.6) is 5.75 Å². The Bertz CT molecular complexity index is 1000. The van der Waals surface area contributed by atoms with Gasteiger partial charge in [0.1, 0.15) is 5.75 Å². The molecule has 7 heteroatoms. The topological polar surface area (TPSA) is 51.2 Å². The molecule has 4 rings (SSSR count). The molecular weight excluding hydrogens is 360 g/mol. The molecule has 0 aliphatic carbocycles. The molecule has 0 aliphatic rings. The number of nitrogens with zero attached hydrogens (tertiary/aromatic N) is 1. The van der Waals surface area contributed by atoms with Crippen LogP contribution in [0.3, 0.4) is 0 Å². The van der Waals surface area contributed by atoms with Crippen LogP contribution in [0.1, 0.15) is 9.88 Å². The first-order valence-corrected chi connectivity index (χ1v) is 9.97. The van der Waals surface area contributed by atoms with Gasteiger partial charge in [0.2, 0.25) is 0 Å². The Labute approximate surface area is 150 Å².